The molecule has 0 amide bonds. The van der Waals surface area contributed by atoms with Gasteiger partial charge in [0.15, 0.2) is 9.84 Å². The molecule has 1 saturated heterocycles. The summed E-state index contributed by atoms with van der Waals surface area (Å²) in [4.78, 5) is 1.97. The van der Waals surface area contributed by atoms with Crippen LogP contribution in [0.2, 0.25) is 0 Å². The molecule has 12 heteroatoms. The average molecular weight is 466 g/mol. The van der Waals surface area contributed by atoms with Crippen molar-refractivity contribution in [1.82, 2.24) is 25.2 Å². The minimum absolute atomic E-state index is 0.128. The molecule has 2 heterocycles. The van der Waals surface area contributed by atoms with Crippen LogP contribution in [0.1, 0.15) is 25.2 Å². The summed E-state index contributed by atoms with van der Waals surface area (Å²) in [5.41, 5.74) is 0.964. The molecule has 1 fully saturated rings. The minimum Gasteiger partial charge on any atom is -0.378 e. The van der Waals surface area contributed by atoms with Crippen LogP contribution in [0.3, 0.4) is 0 Å². The zero-order valence-electron chi connectivity index (χ0n) is 18.6. The molecule has 2 rings (SSSR count). The van der Waals surface area contributed by atoms with Crippen molar-refractivity contribution >= 4 is 9.84 Å². The number of rotatable bonds is 16. The second kappa shape index (κ2) is 14.1. The molecule has 1 aliphatic heterocycles. The van der Waals surface area contributed by atoms with E-state index < -0.39 is 16.5 Å². The third-order valence-corrected chi connectivity index (χ3v) is 6.45. The van der Waals surface area contributed by atoms with E-state index >= 15 is 0 Å². The van der Waals surface area contributed by atoms with E-state index in [1.54, 1.807) is 0 Å². The van der Waals surface area contributed by atoms with E-state index in [1.165, 1.54) is 4.68 Å². The number of nitrogens with zero attached hydrogens (tertiary/aromatic N) is 4. The molecular weight excluding hydrogens is 429 g/mol. The van der Waals surface area contributed by atoms with Gasteiger partial charge in [-0.05, 0) is 0 Å². The van der Waals surface area contributed by atoms with E-state index in [0.29, 0.717) is 83.3 Å². The predicted octanol–water partition coefficient (Wildman–Crippen LogP) is 0.0258. The van der Waals surface area contributed by atoms with Crippen molar-refractivity contribution in [3.8, 4) is 0 Å². The Balaban J connectivity index is 1.55. The largest absolute Gasteiger partial charge is 0.378 e. The highest BCUT2D eigenvalue weighted by Gasteiger charge is 2.23. The van der Waals surface area contributed by atoms with Gasteiger partial charge in [0.05, 0.1) is 63.4 Å². The van der Waals surface area contributed by atoms with E-state index in [1.807, 2.05) is 4.90 Å². The summed E-state index contributed by atoms with van der Waals surface area (Å²) in [7, 11) is -2.94. The first kappa shape index (κ1) is 26.1. The lowest BCUT2D eigenvalue weighted by Crippen LogP contribution is -2.39. The van der Waals surface area contributed by atoms with Crippen molar-refractivity contribution in [1.29, 1.82) is 0 Å². The summed E-state index contributed by atoms with van der Waals surface area (Å²) in [5.74, 6) is 0.257. The number of aromatic nitrogens is 3. The van der Waals surface area contributed by atoms with Gasteiger partial charge in [-0.15, -0.1) is 5.10 Å². The van der Waals surface area contributed by atoms with Crippen LogP contribution in [-0.2, 0) is 43.8 Å². The van der Waals surface area contributed by atoms with Crippen LogP contribution >= 0.6 is 0 Å². The number of halogens is 1. The lowest BCUT2D eigenvalue weighted by Gasteiger charge is -2.25. The van der Waals surface area contributed by atoms with Gasteiger partial charge in [-0.2, -0.15) is 0 Å². The van der Waals surface area contributed by atoms with E-state index in [4.69, 9.17) is 14.2 Å². The van der Waals surface area contributed by atoms with Crippen LogP contribution in [0.5, 0.6) is 0 Å². The molecule has 0 bridgehead atoms. The molecule has 31 heavy (non-hydrogen) atoms. The van der Waals surface area contributed by atoms with Crippen LogP contribution in [0, 0.1) is 0 Å². The van der Waals surface area contributed by atoms with Crippen LogP contribution in [0.25, 0.3) is 0 Å². The Hall–Kier alpha value is -1.18. The maximum Gasteiger partial charge on any atom is 0.152 e. The normalized spacial score (nSPS) is 16.9. The Morgan fingerprint density at radius 3 is 2.26 bits per heavy atom. The van der Waals surface area contributed by atoms with Crippen LogP contribution in [-0.4, -0.2) is 105 Å². The third-order valence-electron chi connectivity index (χ3n) is 4.85. The molecule has 1 aromatic rings. The van der Waals surface area contributed by atoms with Gasteiger partial charge in [0.1, 0.15) is 12.4 Å². The Labute approximate surface area is 184 Å². The highest BCUT2D eigenvalue weighted by molar-refractivity contribution is 7.91. The van der Waals surface area contributed by atoms with Crippen molar-refractivity contribution in [2.75, 3.05) is 70.8 Å². The number of sulfone groups is 1. The lowest BCUT2D eigenvalue weighted by atomic mass is 10.3. The molecule has 0 aromatic carbocycles. The Morgan fingerprint density at radius 1 is 1.03 bits per heavy atom. The van der Waals surface area contributed by atoms with Gasteiger partial charge in [-0.25, -0.2) is 17.5 Å². The number of ether oxygens (including phenoxy) is 3. The van der Waals surface area contributed by atoms with Gasteiger partial charge in [-0.3, -0.25) is 4.90 Å². The zero-order valence-corrected chi connectivity index (χ0v) is 19.4. The first-order valence-electron chi connectivity index (χ1n) is 10.8. The standard InChI is InChI=1S/C19H36FN5O5S/c1-17(2)21-3-7-28-9-11-30-12-10-29-8-4-25-19(15-20)18(22-23-25)16-24-5-13-31(26,27)14-6-24/h17,21H,3-16H2,1-2H3. The quantitative estimate of drug-likeness (QED) is 0.338. The topological polar surface area (TPSA) is 108 Å². The van der Waals surface area contributed by atoms with Gasteiger partial charge < -0.3 is 19.5 Å². The fourth-order valence-corrected chi connectivity index (χ4v) is 4.33. The monoisotopic (exact) mass is 465 g/mol. The van der Waals surface area contributed by atoms with Gasteiger partial charge in [0.2, 0.25) is 0 Å². The van der Waals surface area contributed by atoms with E-state index in [2.05, 4.69) is 29.5 Å². The van der Waals surface area contributed by atoms with Crippen molar-refractivity contribution < 1.29 is 27.0 Å². The van der Waals surface area contributed by atoms with Crippen molar-refractivity contribution in [3.05, 3.63) is 11.4 Å². The second-order valence-corrected chi connectivity index (χ2v) is 10.0. The zero-order chi connectivity index (χ0) is 22.5. The van der Waals surface area contributed by atoms with E-state index in [-0.39, 0.29) is 11.5 Å². The predicted molar refractivity (Wildman–Crippen MR) is 114 cm³/mol. The van der Waals surface area contributed by atoms with Gasteiger partial charge in [0.25, 0.3) is 0 Å². The van der Waals surface area contributed by atoms with Gasteiger partial charge in [-0.1, -0.05) is 19.1 Å². The van der Waals surface area contributed by atoms with Crippen molar-refractivity contribution in [2.45, 2.75) is 39.7 Å². The fraction of sp³-hybridized carbons (Fsp3) is 0.895. The van der Waals surface area contributed by atoms with Crippen LogP contribution < -0.4 is 5.32 Å². The summed E-state index contributed by atoms with van der Waals surface area (Å²) in [5, 5.41) is 11.4. The third kappa shape index (κ3) is 10.3. The highest BCUT2D eigenvalue weighted by atomic mass is 32.2. The number of nitrogens with one attached hydrogen (secondary N) is 1. The fourth-order valence-electron chi connectivity index (χ4n) is 3.05. The molecule has 0 saturated carbocycles. The molecule has 0 radical (unpaired) electrons. The molecule has 0 aliphatic carbocycles. The van der Waals surface area contributed by atoms with Crippen molar-refractivity contribution in [3.63, 3.8) is 0 Å². The lowest BCUT2D eigenvalue weighted by molar-refractivity contribution is 0.0130. The molecule has 0 spiro atoms. The molecule has 180 valence electrons. The van der Waals surface area contributed by atoms with Crippen molar-refractivity contribution in [2.24, 2.45) is 0 Å². The molecular formula is C19H36FN5O5S. The maximum atomic E-state index is 13.5. The molecule has 10 nitrogen and oxygen atoms in total. The maximum absolute atomic E-state index is 13.5. The Kier molecular flexibility index (Phi) is 11.8. The first-order chi connectivity index (χ1) is 14.9. The second-order valence-electron chi connectivity index (χ2n) is 7.71. The molecule has 1 N–H and O–H groups in total. The van der Waals surface area contributed by atoms with E-state index in [9.17, 15) is 12.8 Å². The summed E-state index contributed by atoms with van der Waals surface area (Å²) in [6.45, 7) is 8.99. The number of alkyl halides is 1. The highest BCUT2D eigenvalue weighted by Crippen LogP contribution is 2.13. The molecule has 1 aromatic heterocycles. The number of hydrogen-bond donors (Lipinski definition) is 1. The molecule has 0 atom stereocenters. The van der Waals surface area contributed by atoms with Gasteiger partial charge in [0, 0.05) is 32.2 Å². The smallest absolute Gasteiger partial charge is 0.152 e. The van der Waals surface area contributed by atoms with Crippen LogP contribution in [0.4, 0.5) is 4.39 Å². The Bertz CT molecular complexity index is 717. The minimum atomic E-state index is -2.94. The summed E-state index contributed by atoms with van der Waals surface area (Å²) in [6.07, 6.45) is 0. The van der Waals surface area contributed by atoms with E-state index in [0.717, 1.165) is 6.54 Å². The Morgan fingerprint density at radius 2 is 1.65 bits per heavy atom. The number of hydrogen-bond acceptors (Lipinski definition) is 9. The molecule has 0 unspecified atom stereocenters. The van der Waals surface area contributed by atoms with Crippen LogP contribution in [0.15, 0.2) is 0 Å². The summed E-state index contributed by atoms with van der Waals surface area (Å²) >= 11 is 0. The summed E-state index contributed by atoms with van der Waals surface area (Å²) in [6, 6.07) is 0.456. The molecule has 1 aliphatic rings. The average Bonchev–Trinajstić information content (AvgIpc) is 3.11. The summed E-state index contributed by atoms with van der Waals surface area (Å²) < 4.78 is 54.5. The SMILES string of the molecule is CC(C)NCCOCCOCCOCCn1nnc(CN2CCS(=O)(=O)CC2)c1CF. The first-order valence-corrected chi connectivity index (χ1v) is 12.6. The van der Waals surface area contributed by atoms with Gasteiger partial charge >= 0.3 is 0 Å².